The molecule has 0 aliphatic carbocycles. The molecule has 0 radical (unpaired) electrons. The Kier molecular flexibility index (Phi) is 7.99. The summed E-state index contributed by atoms with van der Waals surface area (Å²) in [5.41, 5.74) is 12.3. The minimum absolute atomic E-state index is 0.900. The van der Waals surface area contributed by atoms with E-state index in [2.05, 4.69) is 217 Å². The van der Waals surface area contributed by atoms with Gasteiger partial charge in [-0.3, -0.25) is 0 Å². The summed E-state index contributed by atoms with van der Waals surface area (Å²) in [6.45, 7) is 0. The molecule has 0 saturated heterocycles. The molecule has 0 bridgehead atoms. The Hall–Kier alpha value is -7.50. The molecule has 0 aliphatic rings. The van der Waals surface area contributed by atoms with E-state index in [1.54, 1.807) is 0 Å². The van der Waals surface area contributed by atoms with E-state index in [0.29, 0.717) is 0 Å². The predicted octanol–water partition coefficient (Wildman–Crippen LogP) is 17.9. The molecule has 3 aromatic heterocycles. The highest BCUT2D eigenvalue weighted by Crippen LogP contribution is 2.44. The molecule has 13 rings (SSSR count). The summed E-state index contributed by atoms with van der Waals surface area (Å²) in [7, 11) is 0. The van der Waals surface area contributed by atoms with E-state index in [1.807, 2.05) is 22.7 Å². The van der Waals surface area contributed by atoms with Crippen molar-refractivity contribution in [1.82, 2.24) is 0 Å². The van der Waals surface area contributed by atoms with Crippen molar-refractivity contribution in [3.05, 3.63) is 212 Å². The number of benzene rings is 10. The fourth-order valence-electron chi connectivity index (χ4n) is 9.50. The standard InChI is InChI=1S/C58H35NOS2/c1-2-10-45-37(9-1)25-33-50-56-44(13-8-16-52(56)60-57(45)50)38-21-29-42(30-22-38)59(41-27-19-36(20-28-41)40-26-34-55-51(35-40)48-12-4-5-17-53(48)61-55)43-31-23-39(24-32-43)46-14-7-15-49-47-11-3-6-18-54(47)62-58(46)49/h1-35H. The number of fused-ring (bicyclic) bond motifs is 11. The molecule has 13 aromatic rings. The molecular weight excluding hydrogens is 791 g/mol. The highest BCUT2D eigenvalue weighted by atomic mass is 32.1. The minimum atomic E-state index is 0.900. The zero-order valence-corrected chi connectivity index (χ0v) is 35.0. The third-order valence-corrected chi connectivity index (χ3v) is 14.9. The molecule has 0 aliphatic heterocycles. The molecule has 0 saturated carbocycles. The van der Waals surface area contributed by atoms with E-state index >= 15 is 0 Å². The van der Waals surface area contributed by atoms with Crippen LogP contribution >= 0.6 is 22.7 Å². The van der Waals surface area contributed by atoms with Gasteiger partial charge in [-0.2, -0.15) is 0 Å². The van der Waals surface area contributed by atoms with Crippen LogP contribution in [0.25, 0.3) is 106 Å². The van der Waals surface area contributed by atoms with Gasteiger partial charge in [0.15, 0.2) is 0 Å². The second-order valence-electron chi connectivity index (χ2n) is 16.0. The van der Waals surface area contributed by atoms with E-state index < -0.39 is 0 Å². The van der Waals surface area contributed by atoms with Crippen LogP contribution in [0.2, 0.25) is 0 Å². The molecule has 10 aromatic carbocycles. The molecule has 0 unspecified atom stereocenters. The van der Waals surface area contributed by atoms with Crippen LogP contribution in [0.4, 0.5) is 17.1 Å². The van der Waals surface area contributed by atoms with Crippen molar-refractivity contribution in [2.24, 2.45) is 0 Å². The molecule has 0 atom stereocenters. The van der Waals surface area contributed by atoms with E-state index in [4.69, 9.17) is 4.42 Å². The van der Waals surface area contributed by atoms with Gasteiger partial charge in [-0.1, -0.05) is 140 Å². The fraction of sp³-hybridized carbons (Fsp3) is 0. The van der Waals surface area contributed by atoms with Gasteiger partial charge in [0.25, 0.3) is 0 Å². The van der Waals surface area contributed by atoms with Gasteiger partial charge in [-0.15, -0.1) is 22.7 Å². The number of nitrogens with zero attached hydrogens (tertiary/aromatic N) is 1. The predicted molar refractivity (Wildman–Crippen MR) is 268 cm³/mol. The Labute approximate surface area is 365 Å². The lowest BCUT2D eigenvalue weighted by atomic mass is 9.97. The molecule has 0 spiro atoms. The molecule has 3 heterocycles. The number of thiophene rings is 2. The summed E-state index contributed by atoms with van der Waals surface area (Å²) < 4.78 is 11.8. The van der Waals surface area contributed by atoms with Crippen LogP contribution in [-0.4, -0.2) is 0 Å². The highest BCUT2D eigenvalue weighted by Gasteiger charge is 2.18. The minimum Gasteiger partial charge on any atom is -0.455 e. The lowest BCUT2D eigenvalue weighted by molar-refractivity contribution is 0.673. The average Bonchev–Trinajstić information content (AvgIpc) is 4.04. The van der Waals surface area contributed by atoms with E-state index in [9.17, 15) is 0 Å². The highest BCUT2D eigenvalue weighted by molar-refractivity contribution is 7.26. The van der Waals surface area contributed by atoms with Gasteiger partial charge in [-0.05, 0) is 112 Å². The average molecular weight is 826 g/mol. The van der Waals surface area contributed by atoms with Gasteiger partial charge in [-0.25, -0.2) is 0 Å². The molecule has 290 valence electrons. The Morgan fingerprint density at radius 3 is 1.63 bits per heavy atom. The Bertz CT molecular complexity index is 3850. The molecule has 0 fully saturated rings. The van der Waals surface area contributed by atoms with E-state index in [1.165, 1.54) is 68.0 Å². The first-order valence-corrected chi connectivity index (χ1v) is 22.6. The van der Waals surface area contributed by atoms with Crippen LogP contribution in [0.1, 0.15) is 0 Å². The summed E-state index contributed by atoms with van der Waals surface area (Å²) in [6, 6.07) is 77.4. The maximum atomic E-state index is 6.56. The van der Waals surface area contributed by atoms with Crippen molar-refractivity contribution in [2.75, 3.05) is 4.90 Å². The maximum Gasteiger partial charge on any atom is 0.143 e. The van der Waals surface area contributed by atoms with Crippen LogP contribution in [0.3, 0.4) is 0 Å². The van der Waals surface area contributed by atoms with Crippen molar-refractivity contribution < 1.29 is 4.42 Å². The second kappa shape index (κ2) is 14.0. The summed E-state index contributed by atoms with van der Waals surface area (Å²) in [4.78, 5) is 2.37. The summed E-state index contributed by atoms with van der Waals surface area (Å²) in [5, 5.41) is 9.86. The summed E-state index contributed by atoms with van der Waals surface area (Å²) in [6.07, 6.45) is 0. The molecule has 2 nitrogen and oxygen atoms in total. The Balaban J connectivity index is 0.909. The first kappa shape index (κ1) is 35.3. The Morgan fingerprint density at radius 1 is 0.339 bits per heavy atom. The van der Waals surface area contributed by atoms with Crippen LogP contribution in [0.15, 0.2) is 217 Å². The number of rotatable bonds is 6. The normalized spacial score (nSPS) is 11.9. The van der Waals surface area contributed by atoms with Crippen molar-refractivity contribution in [2.45, 2.75) is 0 Å². The first-order chi connectivity index (χ1) is 30.7. The number of anilines is 3. The monoisotopic (exact) mass is 825 g/mol. The lowest BCUT2D eigenvalue weighted by Crippen LogP contribution is -2.09. The van der Waals surface area contributed by atoms with Crippen molar-refractivity contribution >= 4 is 113 Å². The van der Waals surface area contributed by atoms with Crippen LogP contribution in [0.5, 0.6) is 0 Å². The zero-order valence-electron chi connectivity index (χ0n) is 33.4. The molecular formula is C58H35NOS2. The van der Waals surface area contributed by atoms with Gasteiger partial charge in [0.2, 0.25) is 0 Å². The van der Waals surface area contributed by atoms with E-state index in [-0.39, 0.29) is 0 Å². The molecule has 62 heavy (non-hydrogen) atoms. The SMILES string of the molecule is c1ccc2c(c1)ccc1c2oc2cccc(-c3ccc(N(c4ccc(-c5ccc6sc7ccccc7c6c5)cc4)c4ccc(-c5cccc6c5sc5ccccc56)cc4)cc3)c21. The summed E-state index contributed by atoms with van der Waals surface area (Å²) in [5.74, 6) is 0. The fourth-order valence-corrected chi connectivity index (χ4v) is 11.8. The number of furan rings is 1. The van der Waals surface area contributed by atoms with Crippen LogP contribution in [0, 0.1) is 0 Å². The quantitative estimate of drug-likeness (QED) is 0.166. The topological polar surface area (TPSA) is 16.4 Å². The van der Waals surface area contributed by atoms with Gasteiger partial charge >= 0.3 is 0 Å². The van der Waals surface area contributed by atoms with Crippen LogP contribution in [-0.2, 0) is 0 Å². The number of hydrogen-bond acceptors (Lipinski definition) is 4. The van der Waals surface area contributed by atoms with Gasteiger partial charge in [0.1, 0.15) is 11.2 Å². The van der Waals surface area contributed by atoms with Gasteiger partial charge in [0, 0.05) is 73.6 Å². The lowest BCUT2D eigenvalue weighted by Gasteiger charge is -2.26. The molecule has 0 N–H and O–H groups in total. The van der Waals surface area contributed by atoms with Gasteiger partial charge < -0.3 is 9.32 Å². The zero-order chi connectivity index (χ0) is 40.7. The molecule has 0 amide bonds. The third-order valence-electron chi connectivity index (χ3n) is 12.5. The van der Waals surface area contributed by atoms with Crippen molar-refractivity contribution in [3.8, 4) is 33.4 Å². The largest absolute Gasteiger partial charge is 0.455 e. The van der Waals surface area contributed by atoms with Gasteiger partial charge in [0.05, 0.1) is 0 Å². The Morgan fingerprint density at radius 2 is 0.887 bits per heavy atom. The van der Waals surface area contributed by atoms with E-state index in [0.717, 1.165) is 55.5 Å². The third kappa shape index (κ3) is 5.61. The smallest absolute Gasteiger partial charge is 0.143 e. The molecule has 4 heteroatoms. The summed E-state index contributed by atoms with van der Waals surface area (Å²) >= 11 is 3.73. The maximum absolute atomic E-state index is 6.56. The second-order valence-corrected chi connectivity index (χ2v) is 18.1. The van der Waals surface area contributed by atoms with Crippen molar-refractivity contribution in [3.63, 3.8) is 0 Å². The number of hydrogen-bond donors (Lipinski definition) is 0. The first-order valence-electron chi connectivity index (χ1n) is 21.0. The van der Waals surface area contributed by atoms with Crippen molar-refractivity contribution in [1.29, 1.82) is 0 Å². The van der Waals surface area contributed by atoms with Crippen LogP contribution < -0.4 is 4.90 Å².